The minimum atomic E-state index is -0.768. The normalized spacial score (nSPS) is 16.3. The van der Waals surface area contributed by atoms with Gasteiger partial charge in [-0.15, -0.1) is 0 Å². The van der Waals surface area contributed by atoms with E-state index in [0.717, 1.165) is 5.56 Å². The lowest BCUT2D eigenvalue weighted by Gasteiger charge is -2.29. The average Bonchev–Trinajstić information content (AvgIpc) is 3.08. The van der Waals surface area contributed by atoms with Crippen LogP contribution in [0.5, 0.6) is 5.75 Å². The largest absolute Gasteiger partial charge is 0.503 e. The molecule has 3 aromatic carbocycles. The van der Waals surface area contributed by atoms with E-state index in [1.165, 1.54) is 4.90 Å². The van der Waals surface area contributed by atoms with Crippen LogP contribution in [-0.2, 0) is 16.2 Å². The molecule has 0 spiro atoms. The highest BCUT2D eigenvalue weighted by Crippen LogP contribution is 2.43. The summed E-state index contributed by atoms with van der Waals surface area (Å²) in [7, 11) is 0. The first-order valence-corrected chi connectivity index (χ1v) is 10.9. The molecule has 1 aliphatic heterocycles. The van der Waals surface area contributed by atoms with Gasteiger partial charge in [0.1, 0.15) is 12.4 Å². The second-order valence-electron chi connectivity index (χ2n) is 9.10. The molecule has 0 aromatic heterocycles. The van der Waals surface area contributed by atoms with E-state index in [9.17, 15) is 14.7 Å². The van der Waals surface area contributed by atoms with Crippen molar-refractivity contribution >= 4 is 17.4 Å². The maximum Gasteiger partial charge on any atom is 0.294 e. The van der Waals surface area contributed by atoms with E-state index in [-0.39, 0.29) is 11.4 Å². The SMILES string of the molecule is CC(C)(C)C(=O)C1=C(O)C(=O)N(c2ccccc2)C1c1cccc(OCc2ccccc2)c1. The highest BCUT2D eigenvalue weighted by atomic mass is 16.5. The van der Waals surface area contributed by atoms with Crippen molar-refractivity contribution in [2.45, 2.75) is 33.4 Å². The zero-order chi connectivity index (χ0) is 23.6. The number of benzene rings is 3. The van der Waals surface area contributed by atoms with E-state index in [1.807, 2.05) is 72.8 Å². The number of ether oxygens (including phenoxy) is 1. The van der Waals surface area contributed by atoms with Crippen LogP contribution in [0, 0.1) is 5.41 Å². The number of rotatable bonds is 6. The Bertz CT molecular complexity index is 1190. The molecule has 1 aliphatic rings. The van der Waals surface area contributed by atoms with Crippen molar-refractivity contribution in [2.24, 2.45) is 5.41 Å². The molecule has 0 fully saturated rings. The topological polar surface area (TPSA) is 66.8 Å². The minimum Gasteiger partial charge on any atom is -0.503 e. The number of nitrogens with zero attached hydrogens (tertiary/aromatic N) is 1. The van der Waals surface area contributed by atoms with Gasteiger partial charge in [0.05, 0.1) is 11.6 Å². The predicted molar refractivity (Wildman–Crippen MR) is 128 cm³/mol. The van der Waals surface area contributed by atoms with Gasteiger partial charge in [0.25, 0.3) is 5.91 Å². The number of amides is 1. The summed E-state index contributed by atoms with van der Waals surface area (Å²) >= 11 is 0. The molecule has 1 amide bonds. The van der Waals surface area contributed by atoms with Crippen LogP contribution in [0.3, 0.4) is 0 Å². The maximum absolute atomic E-state index is 13.4. The van der Waals surface area contributed by atoms with Crippen molar-refractivity contribution in [1.29, 1.82) is 0 Å². The number of carbonyl (C=O) groups is 2. The van der Waals surface area contributed by atoms with Gasteiger partial charge in [-0.2, -0.15) is 0 Å². The van der Waals surface area contributed by atoms with Gasteiger partial charge >= 0.3 is 0 Å². The number of aliphatic hydroxyl groups is 1. The third kappa shape index (κ3) is 4.53. The fourth-order valence-electron chi connectivity index (χ4n) is 3.93. The summed E-state index contributed by atoms with van der Waals surface area (Å²) in [6.07, 6.45) is 0. The molecule has 5 nitrogen and oxygen atoms in total. The molecule has 0 saturated carbocycles. The summed E-state index contributed by atoms with van der Waals surface area (Å²) in [4.78, 5) is 28.0. The van der Waals surface area contributed by atoms with E-state index in [1.54, 1.807) is 32.9 Å². The second-order valence-corrected chi connectivity index (χ2v) is 9.10. The number of hydrogen-bond acceptors (Lipinski definition) is 4. The van der Waals surface area contributed by atoms with E-state index < -0.39 is 23.1 Å². The van der Waals surface area contributed by atoms with E-state index >= 15 is 0 Å². The molecular weight excluding hydrogens is 414 g/mol. The number of anilines is 1. The van der Waals surface area contributed by atoms with Crippen LogP contribution in [0.2, 0.25) is 0 Å². The smallest absolute Gasteiger partial charge is 0.294 e. The fourth-order valence-corrected chi connectivity index (χ4v) is 3.93. The number of hydrogen-bond donors (Lipinski definition) is 1. The van der Waals surface area contributed by atoms with Gasteiger partial charge in [-0.05, 0) is 35.4 Å². The Balaban J connectivity index is 1.75. The number of ketones is 1. The molecule has 168 valence electrons. The lowest BCUT2D eigenvalue weighted by atomic mass is 9.82. The van der Waals surface area contributed by atoms with Crippen molar-refractivity contribution in [1.82, 2.24) is 0 Å². The van der Waals surface area contributed by atoms with E-state index in [4.69, 9.17) is 4.74 Å². The predicted octanol–water partition coefficient (Wildman–Crippen LogP) is 5.78. The Morgan fingerprint density at radius 2 is 1.58 bits per heavy atom. The number of carbonyl (C=O) groups excluding carboxylic acids is 2. The molecule has 3 aromatic rings. The molecule has 0 radical (unpaired) electrons. The fraction of sp³-hybridized carbons (Fsp3) is 0.214. The van der Waals surface area contributed by atoms with E-state index in [2.05, 4.69) is 0 Å². The Hall–Kier alpha value is -3.86. The number of Topliss-reactive ketones (excluding diaryl/α,β-unsaturated/α-hetero) is 1. The molecule has 1 N–H and O–H groups in total. The first kappa shape index (κ1) is 22.3. The molecule has 0 saturated heterocycles. The van der Waals surface area contributed by atoms with Crippen molar-refractivity contribution in [3.05, 3.63) is 107 Å². The first-order chi connectivity index (χ1) is 15.8. The summed E-state index contributed by atoms with van der Waals surface area (Å²) in [6.45, 7) is 5.73. The Morgan fingerprint density at radius 1 is 0.939 bits per heavy atom. The summed E-state index contributed by atoms with van der Waals surface area (Å²) in [5.41, 5.74) is 1.67. The van der Waals surface area contributed by atoms with Crippen LogP contribution < -0.4 is 9.64 Å². The lowest BCUT2D eigenvalue weighted by Crippen LogP contribution is -2.32. The van der Waals surface area contributed by atoms with Crippen molar-refractivity contribution in [3.8, 4) is 5.75 Å². The third-order valence-electron chi connectivity index (χ3n) is 5.59. The lowest BCUT2D eigenvalue weighted by molar-refractivity contribution is -0.123. The Labute approximate surface area is 193 Å². The standard InChI is InChI=1S/C28H27NO4/c1-28(2,3)26(31)23-24(29(27(32)25(23)30)21-14-8-5-9-15-21)20-13-10-16-22(17-20)33-18-19-11-6-4-7-12-19/h4-17,24,30H,18H2,1-3H3. The van der Waals surface area contributed by atoms with Gasteiger partial charge in [-0.3, -0.25) is 14.5 Å². The minimum absolute atomic E-state index is 0.108. The van der Waals surface area contributed by atoms with E-state index in [0.29, 0.717) is 23.6 Å². The summed E-state index contributed by atoms with van der Waals surface area (Å²) < 4.78 is 5.98. The van der Waals surface area contributed by atoms with Gasteiger partial charge < -0.3 is 9.84 Å². The van der Waals surface area contributed by atoms with Gasteiger partial charge in [0.15, 0.2) is 11.5 Å². The van der Waals surface area contributed by atoms with Crippen LogP contribution >= 0.6 is 0 Å². The second kappa shape index (κ2) is 8.94. The van der Waals surface area contributed by atoms with Crippen molar-refractivity contribution in [3.63, 3.8) is 0 Å². The molecule has 1 heterocycles. The van der Waals surface area contributed by atoms with Crippen LogP contribution in [0.4, 0.5) is 5.69 Å². The highest BCUT2D eigenvalue weighted by molar-refractivity contribution is 6.17. The van der Waals surface area contributed by atoms with Gasteiger partial charge in [0.2, 0.25) is 0 Å². The molecule has 0 aliphatic carbocycles. The van der Waals surface area contributed by atoms with Gasteiger partial charge in [-0.1, -0.05) is 81.4 Å². The molecule has 4 rings (SSSR count). The number of para-hydroxylation sites is 1. The Morgan fingerprint density at radius 3 is 2.21 bits per heavy atom. The monoisotopic (exact) mass is 441 g/mol. The van der Waals surface area contributed by atoms with Crippen molar-refractivity contribution in [2.75, 3.05) is 4.90 Å². The Kier molecular flexibility index (Phi) is 6.05. The first-order valence-electron chi connectivity index (χ1n) is 10.9. The third-order valence-corrected chi connectivity index (χ3v) is 5.59. The maximum atomic E-state index is 13.4. The average molecular weight is 442 g/mol. The zero-order valence-corrected chi connectivity index (χ0v) is 19.0. The molecule has 1 atom stereocenters. The quantitative estimate of drug-likeness (QED) is 0.526. The highest BCUT2D eigenvalue weighted by Gasteiger charge is 2.46. The van der Waals surface area contributed by atoms with Crippen LogP contribution in [-0.4, -0.2) is 16.8 Å². The summed E-state index contributed by atoms with van der Waals surface area (Å²) in [6, 6.07) is 25.5. The molecule has 1 unspecified atom stereocenters. The summed E-state index contributed by atoms with van der Waals surface area (Å²) in [5, 5.41) is 10.8. The summed E-state index contributed by atoms with van der Waals surface area (Å²) in [5.74, 6) is -0.744. The van der Waals surface area contributed by atoms with Crippen LogP contribution in [0.15, 0.2) is 96.3 Å². The number of aliphatic hydroxyl groups excluding tert-OH is 1. The van der Waals surface area contributed by atoms with Gasteiger partial charge in [0, 0.05) is 11.1 Å². The molecular formula is C28H27NO4. The molecule has 0 bridgehead atoms. The molecule has 5 heteroatoms. The van der Waals surface area contributed by atoms with Crippen LogP contribution in [0.1, 0.15) is 37.9 Å². The zero-order valence-electron chi connectivity index (χ0n) is 19.0. The molecule has 33 heavy (non-hydrogen) atoms. The van der Waals surface area contributed by atoms with Gasteiger partial charge in [-0.25, -0.2) is 0 Å². The van der Waals surface area contributed by atoms with Crippen LogP contribution in [0.25, 0.3) is 0 Å². The van der Waals surface area contributed by atoms with Crippen molar-refractivity contribution < 1.29 is 19.4 Å².